The normalized spacial score (nSPS) is 14.9. The summed E-state index contributed by atoms with van der Waals surface area (Å²) in [4.78, 5) is 13.6. The summed E-state index contributed by atoms with van der Waals surface area (Å²) in [5.74, 6) is 0.137. The van der Waals surface area contributed by atoms with Crippen LogP contribution in [0.1, 0.15) is 18.4 Å². The number of nitrogens with zero attached hydrogens (tertiary/aromatic N) is 1. The molecule has 0 spiro atoms. The van der Waals surface area contributed by atoms with Crippen LogP contribution in [-0.4, -0.2) is 40.2 Å². The van der Waals surface area contributed by atoms with Crippen LogP contribution in [0.4, 0.5) is 0 Å². The molecule has 0 atom stereocenters. The van der Waals surface area contributed by atoms with Crippen molar-refractivity contribution < 1.29 is 15.0 Å². The second-order valence-electron chi connectivity index (χ2n) is 4.41. The highest BCUT2D eigenvalue weighted by Gasteiger charge is 2.30. The molecule has 4 heteroatoms. The zero-order valence-corrected chi connectivity index (χ0v) is 10.1. The van der Waals surface area contributed by atoms with Crippen LogP contribution in [-0.2, 0) is 4.79 Å². The highest BCUT2D eigenvalue weighted by atomic mass is 16.3. The van der Waals surface area contributed by atoms with Crippen LogP contribution in [0, 0.1) is 0 Å². The van der Waals surface area contributed by atoms with Gasteiger partial charge in [-0.25, -0.2) is 0 Å². The largest absolute Gasteiger partial charge is 0.508 e. The summed E-state index contributed by atoms with van der Waals surface area (Å²) >= 11 is 0. The van der Waals surface area contributed by atoms with E-state index in [-0.39, 0.29) is 18.3 Å². The number of aliphatic hydroxyl groups excluding tert-OH is 1. The van der Waals surface area contributed by atoms with Gasteiger partial charge in [0, 0.05) is 18.7 Å². The van der Waals surface area contributed by atoms with Crippen LogP contribution < -0.4 is 0 Å². The number of carbonyl (C=O) groups excluding carboxylic acids is 1. The van der Waals surface area contributed by atoms with E-state index in [1.54, 1.807) is 35.2 Å². The van der Waals surface area contributed by atoms with Gasteiger partial charge in [-0.1, -0.05) is 12.1 Å². The Bertz CT molecular complexity index is 435. The molecule has 0 bridgehead atoms. The molecule has 1 aromatic carbocycles. The van der Waals surface area contributed by atoms with Crippen molar-refractivity contribution in [2.45, 2.75) is 18.9 Å². The molecular formula is C14H17NO3. The number of hydrogen-bond donors (Lipinski definition) is 2. The fourth-order valence-electron chi connectivity index (χ4n) is 1.82. The molecule has 1 aliphatic carbocycles. The molecule has 1 fully saturated rings. The fourth-order valence-corrected chi connectivity index (χ4v) is 1.82. The Kier molecular flexibility index (Phi) is 3.99. The molecule has 0 heterocycles. The molecule has 0 saturated heterocycles. The number of benzene rings is 1. The average molecular weight is 247 g/mol. The van der Waals surface area contributed by atoms with Gasteiger partial charge in [-0.15, -0.1) is 0 Å². The standard InChI is InChI=1S/C14H17NO3/c16-10-9-15(12-4-5-12)14(18)8-3-11-1-6-13(17)7-2-11/h1-3,6-8,12,16-17H,4-5,9-10H2/b8-3+. The van der Waals surface area contributed by atoms with E-state index >= 15 is 0 Å². The Morgan fingerprint density at radius 1 is 1.33 bits per heavy atom. The van der Waals surface area contributed by atoms with Crippen molar-refractivity contribution >= 4 is 12.0 Å². The number of aliphatic hydroxyl groups is 1. The lowest BCUT2D eigenvalue weighted by Crippen LogP contribution is -2.34. The maximum Gasteiger partial charge on any atom is 0.246 e. The zero-order valence-electron chi connectivity index (χ0n) is 10.1. The lowest BCUT2D eigenvalue weighted by atomic mass is 10.2. The lowest BCUT2D eigenvalue weighted by Gasteiger charge is -2.19. The summed E-state index contributed by atoms with van der Waals surface area (Å²) in [6, 6.07) is 6.95. The SMILES string of the molecule is O=C(/C=C/c1ccc(O)cc1)N(CCO)C1CC1. The van der Waals surface area contributed by atoms with Crippen LogP contribution in [0.2, 0.25) is 0 Å². The van der Waals surface area contributed by atoms with Crippen molar-refractivity contribution in [3.05, 3.63) is 35.9 Å². The van der Waals surface area contributed by atoms with Crippen molar-refractivity contribution in [3.63, 3.8) is 0 Å². The number of phenolic OH excluding ortho intramolecular Hbond substituents is 1. The van der Waals surface area contributed by atoms with Gasteiger partial charge >= 0.3 is 0 Å². The minimum absolute atomic E-state index is 0.00467. The molecule has 2 N–H and O–H groups in total. The summed E-state index contributed by atoms with van der Waals surface area (Å²) in [5.41, 5.74) is 0.862. The molecule has 18 heavy (non-hydrogen) atoms. The summed E-state index contributed by atoms with van der Waals surface area (Å²) in [7, 11) is 0. The third kappa shape index (κ3) is 3.34. The van der Waals surface area contributed by atoms with Crippen molar-refractivity contribution in [1.82, 2.24) is 4.90 Å². The molecule has 0 aliphatic heterocycles. The van der Waals surface area contributed by atoms with E-state index in [1.165, 1.54) is 6.08 Å². The Labute approximate surface area is 106 Å². The number of hydrogen-bond acceptors (Lipinski definition) is 3. The first-order valence-corrected chi connectivity index (χ1v) is 6.09. The third-order valence-corrected chi connectivity index (χ3v) is 2.92. The van der Waals surface area contributed by atoms with Crippen LogP contribution in [0.3, 0.4) is 0 Å². The molecule has 0 aromatic heterocycles. The smallest absolute Gasteiger partial charge is 0.246 e. The van der Waals surface area contributed by atoms with E-state index in [2.05, 4.69) is 0 Å². The molecule has 1 aliphatic rings. The van der Waals surface area contributed by atoms with Gasteiger partial charge in [0.1, 0.15) is 5.75 Å². The summed E-state index contributed by atoms with van der Waals surface area (Å²) in [5, 5.41) is 18.1. The monoisotopic (exact) mass is 247 g/mol. The highest BCUT2D eigenvalue weighted by molar-refractivity contribution is 5.92. The molecule has 1 saturated carbocycles. The molecule has 0 unspecified atom stereocenters. The molecule has 4 nitrogen and oxygen atoms in total. The Hall–Kier alpha value is -1.81. The van der Waals surface area contributed by atoms with E-state index in [0.717, 1.165) is 18.4 Å². The predicted molar refractivity (Wildman–Crippen MR) is 69.0 cm³/mol. The van der Waals surface area contributed by atoms with Crippen molar-refractivity contribution in [2.24, 2.45) is 0 Å². The minimum Gasteiger partial charge on any atom is -0.508 e. The minimum atomic E-state index is -0.0698. The highest BCUT2D eigenvalue weighted by Crippen LogP contribution is 2.26. The van der Waals surface area contributed by atoms with Gasteiger partial charge < -0.3 is 15.1 Å². The first-order valence-electron chi connectivity index (χ1n) is 6.09. The maximum atomic E-state index is 11.9. The quantitative estimate of drug-likeness (QED) is 0.773. The topological polar surface area (TPSA) is 60.8 Å². The number of carbonyl (C=O) groups is 1. The molecular weight excluding hydrogens is 230 g/mol. The van der Waals surface area contributed by atoms with Crippen LogP contribution in [0.25, 0.3) is 6.08 Å². The maximum absolute atomic E-state index is 11.9. The van der Waals surface area contributed by atoms with E-state index < -0.39 is 0 Å². The van der Waals surface area contributed by atoms with Gasteiger partial charge in [0.05, 0.1) is 6.61 Å². The Morgan fingerprint density at radius 3 is 2.56 bits per heavy atom. The van der Waals surface area contributed by atoms with Gasteiger partial charge in [-0.2, -0.15) is 0 Å². The first kappa shape index (κ1) is 12.6. The Morgan fingerprint density at radius 2 is 2.00 bits per heavy atom. The van der Waals surface area contributed by atoms with E-state index in [4.69, 9.17) is 10.2 Å². The van der Waals surface area contributed by atoms with Gasteiger partial charge in [-0.3, -0.25) is 4.79 Å². The summed E-state index contributed by atoms with van der Waals surface area (Å²) in [6.45, 7) is 0.388. The lowest BCUT2D eigenvalue weighted by molar-refractivity contribution is -0.127. The Balaban J connectivity index is 1.98. The summed E-state index contributed by atoms with van der Waals surface area (Å²) < 4.78 is 0. The fraction of sp³-hybridized carbons (Fsp3) is 0.357. The van der Waals surface area contributed by atoms with E-state index in [1.807, 2.05) is 0 Å². The zero-order chi connectivity index (χ0) is 13.0. The van der Waals surface area contributed by atoms with Crippen LogP contribution >= 0.6 is 0 Å². The molecule has 1 amide bonds. The second-order valence-corrected chi connectivity index (χ2v) is 4.41. The second kappa shape index (κ2) is 5.69. The number of aromatic hydroxyl groups is 1. The molecule has 2 rings (SSSR count). The molecule has 1 aromatic rings. The number of amides is 1. The third-order valence-electron chi connectivity index (χ3n) is 2.92. The van der Waals surface area contributed by atoms with Crippen molar-refractivity contribution in [1.29, 1.82) is 0 Å². The number of phenols is 1. The van der Waals surface area contributed by atoms with Crippen LogP contribution in [0.15, 0.2) is 30.3 Å². The van der Waals surface area contributed by atoms with E-state index in [9.17, 15) is 4.79 Å². The van der Waals surface area contributed by atoms with Crippen molar-refractivity contribution in [3.8, 4) is 5.75 Å². The molecule has 0 radical (unpaired) electrons. The number of rotatable bonds is 5. The summed E-state index contributed by atoms with van der Waals surface area (Å²) in [6.07, 6.45) is 5.28. The van der Waals surface area contributed by atoms with Gasteiger partial charge in [0.15, 0.2) is 0 Å². The average Bonchev–Trinajstić information content (AvgIpc) is 3.19. The first-order chi connectivity index (χ1) is 8.70. The van der Waals surface area contributed by atoms with Gasteiger partial charge in [0.2, 0.25) is 5.91 Å². The van der Waals surface area contributed by atoms with Crippen molar-refractivity contribution in [2.75, 3.05) is 13.2 Å². The predicted octanol–water partition coefficient (Wildman–Crippen LogP) is 1.39. The molecule has 96 valence electrons. The van der Waals surface area contributed by atoms with E-state index in [0.29, 0.717) is 12.6 Å². The van der Waals surface area contributed by atoms with Gasteiger partial charge in [0.25, 0.3) is 0 Å². The van der Waals surface area contributed by atoms with Crippen LogP contribution in [0.5, 0.6) is 5.75 Å². The van der Waals surface area contributed by atoms with Gasteiger partial charge in [-0.05, 0) is 36.6 Å².